The predicted molar refractivity (Wildman–Crippen MR) is 120 cm³/mol. The van der Waals surface area contributed by atoms with E-state index in [4.69, 9.17) is 23.8 Å². The number of thiocarbonyl (C=S) groups is 1. The number of rotatable bonds is 6. The molecule has 144 valence electrons. The van der Waals surface area contributed by atoms with Gasteiger partial charge in [-0.3, -0.25) is 4.90 Å². The molecule has 0 aliphatic carbocycles. The minimum absolute atomic E-state index is 0.814. The largest absolute Gasteiger partial charge is 0.346 e. The lowest BCUT2D eigenvalue weighted by molar-refractivity contribution is 0.177. The molecule has 2 aromatic carbocycles. The third-order valence-corrected chi connectivity index (χ3v) is 5.76. The predicted octanol–water partition coefficient (Wildman–Crippen LogP) is 5.20. The van der Waals surface area contributed by atoms with E-state index in [0.717, 1.165) is 55.0 Å². The Bertz CT molecular complexity index is 739. The third kappa shape index (κ3) is 5.93. The van der Waals surface area contributed by atoms with Crippen molar-refractivity contribution in [1.82, 2.24) is 9.80 Å². The monoisotopic (exact) mass is 401 g/mol. The van der Waals surface area contributed by atoms with Crippen LogP contribution in [0, 0.1) is 0 Å². The number of hydrogen-bond acceptors (Lipinski definition) is 2. The number of halogens is 1. The van der Waals surface area contributed by atoms with Gasteiger partial charge in [-0.1, -0.05) is 55.3 Å². The molecule has 1 aliphatic rings. The van der Waals surface area contributed by atoms with Crippen molar-refractivity contribution in [1.29, 1.82) is 0 Å². The van der Waals surface area contributed by atoms with E-state index in [0.29, 0.717) is 0 Å². The fourth-order valence-electron chi connectivity index (χ4n) is 3.31. The van der Waals surface area contributed by atoms with Gasteiger partial charge in [0.25, 0.3) is 0 Å². The van der Waals surface area contributed by atoms with E-state index in [1.54, 1.807) is 0 Å². The van der Waals surface area contributed by atoms with Gasteiger partial charge in [-0.25, -0.2) is 0 Å². The molecule has 1 saturated heterocycles. The molecular weight excluding hydrogens is 374 g/mol. The van der Waals surface area contributed by atoms with Gasteiger partial charge in [-0.15, -0.1) is 0 Å². The maximum absolute atomic E-state index is 6.28. The molecule has 0 amide bonds. The Morgan fingerprint density at radius 3 is 2.41 bits per heavy atom. The van der Waals surface area contributed by atoms with E-state index >= 15 is 0 Å². The van der Waals surface area contributed by atoms with Gasteiger partial charge in [0.2, 0.25) is 0 Å². The van der Waals surface area contributed by atoms with Crippen LogP contribution in [0.2, 0.25) is 5.02 Å². The summed E-state index contributed by atoms with van der Waals surface area (Å²) in [5, 5.41) is 5.05. The lowest BCUT2D eigenvalue weighted by Gasteiger charge is -2.36. The first kappa shape index (κ1) is 20.1. The number of anilines is 1. The third-order valence-electron chi connectivity index (χ3n) is 5.04. The Hall–Kier alpha value is -1.62. The summed E-state index contributed by atoms with van der Waals surface area (Å²) in [4.78, 5) is 4.69. The van der Waals surface area contributed by atoms with Gasteiger partial charge < -0.3 is 10.2 Å². The van der Waals surface area contributed by atoms with Gasteiger partial charge >= 0.3 is 0 Å². The van der Waals surface area contributed by atoms with Gasteiger partial charge in [0, 0.05) is 43.4 Å². The molecule has 0 bridgehead atoms. The number of hydrogen-bond donors (Lipinski definition) is 1. The minimum Gasteiger partial charge on any atom is -0.346 e. The van der Waals surface area contributed by atoms with E-state index in [2.05, 4.69) is 52.4 Å². The molecule has 1 heterocycles. The Kier molecular flexibility index (Phi) is 7.50. The molecule has 3 rings (SSSR count). The summed E-state index contributed by atoms with van der Waals surface area (Å²) in [5.74, 6) is 0. The summed E-state index contributed by atoms with van der Waals surface area (Å²) in [5.41, 5.74) is 3.65. The van der Waals surface area contributed by atoms with Crippen molar-refractivity contribution in [2.75, 3.05) is 31.5 Å². The molecule has 0 aromatic heterocycles. The lowest BCUT2D eigenvalue weighted by atomic mass is 10.1. The topological polar surface area (TPSA) is 18.5 Å². The summed E-state index contributed by atoms with van der Waals surface area (Å²) >= 11 is 11.9. The van der Waals surface area contributed by atoms with Crippen LogP contribution in [-0.2, 0) is 13.0 Å². The standard InChI is InChI=1S/C22H28ClN3S/c1-2-3-6-18-9-11-20(12-10-18)24-22(27)26-15-13-25(14-16-26)17-19-7-4-5-8-21(19)23/h4-5,7-12H,2-3,6,13-17H2,1H3,(H,24,27). The Balaban J connectivity index is 1.46. The molecule has 0 saturated carbocycles. The highest BCUT2D eigenvalue weighted by molar-refractivity contribution is 7.80. The Morgan fingerprint density at radius 2 is 1.74 bits per heavy atom. The van der Waals surface area contributed by atoms with Crippen LogP contribution in [0.1, 0.15) is 30.9 Å². The number of benzene rings is 2. The van der Waals surface area contributed by atoms with E-state index < -0.39 is 0 Å². The van der Waals surface area contributed by atoms with E-state index in [-0.39, 0.29) is 0 Å². The molecule has 2 aromatic rings. The van der Waals surface area contributed by atoms with Crippen LogP contribution in [0.15, 0.2) is 48.5 Å². The van der Waals surface area contributed by atoms with Crippen molar-refractivity contribution < 1.29 is 0 Å². The summed E-state index contributed by atoms with van der Waals surface area (Å²) in [7, 11) is 0. The van der Waals surface area contributed by atoms with Gasteiger partial charge in [-0.2, -0.15) is 0 Å². The molecule has 1 N–H and O–H groups in total. The zero-order valence-electron chi connectivity index (χ0n) is 16.0. The molecular formula is C22H28ClN3S. The SMILES string of the molecule is CCCCc1ccc(NC(=S)N2CCN(Cc3ccccc3Cl)CC2)cc1. The molecule has 5 heteroatoms. The second-order valence-electron chi connectivity index (χ2n) is 7.09. The van der Waals surface area contributed by atoms with Gasteiger partial charge in [0.1, 0.15) is 0 Å². The number of nitrogens with one attached hydrogen (secondary N) is 1. The summed E-state index contributed by atoms with van der Waals surface area (Å²) in [6.45, 7) is 6.97. The summed E-state index contributed by atoms with van der Waals surface area (Å²) in [6, 6.07) is 16.7. The van der Waals surface area contributed by atoms with Crippen LogP contribution in [-0.4, -0.2) is 41.1 Å². The van der Waals surface area contributed by atoms with E-state index in [9.17, 15) is 0 Å². The van der Waals surface area contributed by atoms with Gasteiger partial charge in [0.05, 0.1) is 0 Å². The van der Waals surface area contributed by atoms with Crippen molar-refractivity contribution in [2.45, 2.75) is 32.7 Å². The second-order valence-corrected chi connectivity index (χ2v) is 7.88. The van der Waals surface area contributed by atoms with Crippen LogP contribution < -0.4 is 5.32 Å². The van der Waals surface area contributed by atoms with Crippen molar-refractivity contribution in [3.63, 3.8) is 0 Å². The second kappa shape index (κ2) is 10.1. The van der Waals surface area contributed by atoms with Crippen LogP contribution in [0.3, 0.4) is 0 Å². The number of unbranched alkanes of at least 4 members (excludes halogenated alkanes) is 1. The van der Waals surface area contributed by atoms with E-state index in [1.165, 1.54) is 24.0 Å². The first-order valence-electron chi connectivity index (χ1n) is 9.76. The molecule has 0 atom stereocenters. The zero-order chi connectivity index (χ0) is 19.1. The smallest absolute Gasteiger partial charge is 0.173 e. The number of piperazine rings is 1. The number of nitrogens with zero attached hydrogens (tertiary/aromatic N) is 2. The first-order chi connectivity index (χ1) is 13.2. The van der Waals surface area contributed by atoms with Crippen LogP contribution in [0.5, 0.6) is 0 Å². The Morgan fingerprint density at radius 1 is 1.04 bits per heavy atom. The molecule has 1 aliphatic heterocycles. The quantitative estimate of drug-likeness (QED) is 0.670. The highest BCUT2D eigenvalue weighted by Gasteiger charge is 2.19. The highest BCUT2D eigenvalue weighted by atomic mass is 35.5. The van der Waals surface area contributed by atoms with Crippen molar-refractivity contribution >= 4 is 34.6 Å². The van der Waals surface area contributed by atoms with E-state index in [1.807, 2.05) is 18.2 Å². The minimum atomic E-state index is 0.814. The van der Waals surface area contributed by atoms with Crippen molar-refractivity contribution in [2.24, 2.45) is 0 Å². The zero-order valence-corrected chi connectivity index (χ0v) is 17.5. The molecule has 0 radical (unpaired) electrons. The molecule has 27 heavy (non-hydrogen) atoms. The van der Waals surface area contributed by atoms with Crippen LogP contribution in [0.4, 0.5) is 5.69 Å². The van der Waals surface area contributed by atoms with Crippen molar-refractivity contribution in [3.05, 3.63) is 64.7 Å². The van der Waals surface area contributed by atoms with Gasteiger partial charge in [0.15, 0.2) is 5.11 Å². The lowest BCUT2D eigenvalue weighted by Crippen LogP contribution is -2.49. The van der Waals surface area contributed by atoms with Crippen molar-refractivity contribution in [3.8, 4) is 0 Å². The maximum Gasteiger partial charge on any atom is 0.173 e. The summed E-state index contributed by atoms with van der Waals surface area (Å²) < 4.78 is 0. The fourth-order valence-corrected chi connectivity index (χ4v) is 3.81. The molecule has 3 nitrogen and oxygen atoms in total. The average molecular weight is 402 g/mol. The summed E-state index contributed by atoms with van der Waals surface area (Å²) in [6.07, 6.45) is 3.62. The molecule has 1 fully saturated rings. The average Bonchev–Trinajstić information content (AvgIpc) is 2.70. The normalized spacial score (nSPS) is 15.0. The Labute approximate surface area is 173 Å². The van der Waals surface area contributed by atoms with Gasteiger partial charge in [-0.05, 0) is 54.4 Å². The van der Waals surface area contributed by atoms with Crippen LogP contribution in [0.25, 0.3) is 0 Å². The highest BCUT2D eigenvalue weighted by Crippen LogP contribution is 2.18. The molecule has 0 unspecified atom stereocenters. The van der Waals surface area contributed by atoms with Crippen LogP contribution >= 0.6 is 23.8 Å². The maximum atomic E-state index is 6.28. The fraction of sp³-hybridized carbons (Fsp3) is 0.409. The molecule has 0 spiro atoms. The number of aryl methyl sites for hydroxylation is 1. The first-order valence-corrected chi connectivity index (χ1v) is 10.5.